The third-order valence-electron chi connectivity index (χ3n) is 4.51. The van der Waals surface area contributed by atoms with Crippen LogP contribution in [0.1, 0.15) is 42.0 Å². The van der Waals surface area contributed by atoms with E-state index in [9.17, 15) is 4.79 Å². The first-order chi connectivity index (χ1) is 11.1. The Kier molecular flexibility index (Phi) is 5.16. The van der Waals surface area contributed by atoms with Gasteiger partial charge in [0.15, 0.2) is 0 Å². The Morgan fingerprint density at radius 3 is 2.43 bits per heavy atom. The minimum absolute atomic E-state index is 0.111. The zero-order chi connectivity index (χ0) is 16.2. The molecule has 0 radical (unpaired) electrons. The van der Waals surface area contributed by atoms with Crippen molar-refractivity contribution in [3.8, 4) is 0 Å². The SMILES string of the molecule is C=C(C)NCCSNC(=O)Nc1c2c(cc3c1CCC3)CCC2. The molecule has 3 N–H and O–H groups in total. The largest absolute Gasteiger partial charge is 0.388 e. The molecule has 4 nitrogen and oxygen atoms in total. The van der Waals surface area contributed by atoms with Crippen LogP contribution in [0.5, 0.6) is 0 Å². The maximum atomic E-state index is 12.2. The predicted octanol–water partition coefficient (Wildman–Crippen LogP) is 3.56. The zero-order valence-electron chi connectivity index (χ0n) is 13.8. The Morgan fingerprint density at radius 2 is 1.83 bits per heavy atom. The fraction of sp³-hybridized carbons (Fsp3) is 0.500. The van der Waals surface area contributed by atoms with Crippen molar-refractivity contribution in [1.29, 1.82) is 0 Å². The van der Waals surface area contributed by atoms with Gasteiger partial charge in [-0.25, -0.2) is 4.79 Å². The zero-order valence-corrected chi connectivity index (χ0v) is 14.6. The van der Waals surface area contributed by atoms with Gasteiger partial charge in [-0.2, -0.15) is 0 Å². The molecule has 0 aliphatic heterocycles. The molecule has 0 fully saturated rings. The van der Waals surface area contributed by atoms with Crippen molar-refractivity contribution in [3.63, 3.8) is 0 Å². The molecular weight excluding hydrogens is 306 g/mol. The summed E-state index contributed by atoms with van der Waals surface area (Å²) in [6.07, 6.45) is 6.90. The molecule has 0 aromatic heterocycles. The first kappa shape index (κ1) is 16.2. The van der Waals surface area contributed by atoms with Crippen LogP contribution in [0.15, 0.2) is 18.3 Å². The average molecular weight is 331 g/mol. The number of anilines is 1. The van der Waals surface area contributed by atoms with E-state index in [1.807, 2.05) is 6.92 Å². The van der Waals surface area contributed by atoms with Gasteiger partial charge in [0.1, 0.15) is 0 Å². The van der Waals surface area contributed by atoms with Gasteiger partial charge >= 0.3 is 6.03 Å². The van der Waals surface area contributed by atoms with Gasteiger partial charge in [-0.1, -0.05) is 12.6 Å². The standard InChI is InChI=1S/C18H25N3OS/c1-12(2)19-9-10-23-21-18(22)20-17-15-7-3-5-13(15)11-14-6-4-8-16(14)17/h11,19H,1,3-10H2,2H3,(H2,20,21,22). The molecule has 3 rings (SSSR count). The van der Waals surface area contributed by atoms with Crippen LogP contribution in [-0.2, 0) is 25.7 Å². The van der Waals surface area contributed by atoms with Crippen LogP contribution in [0.25, 0.3) is 0 Å². The molecule has 0 atom stereocenters. The summed E-state index contributed by atoms with van der Waals surface area (Å²) in [6.45, 7) is 6.52. The number of carbonyl (C=O) groups is 1. The van der Waals surface area contributed by atoms with Crippen LogP contribution in [-0.4, -0.2) is 18.3 Å². The van der Waals surface area contributed by atoms with Crippen molar-refractivity contribution in [3.05, 3.63) is 40.6 Å². The quantitative estimate of drug-likeness (QED) is 0.552. The van der Waals surface area contributed by atoms with Crippen LogP contribution in [0.2, 0.25) is 0 Å². The van der Waals surface area contributed by atoms with Crippen LogP contribution in [0.4, 0.5) is 10.5 Å². The number of urea groups is 1. The lowest BCUT2D eigenvalue weighted by atomic mass is 9.99. The van der Waals surface area contributed by atoms with Crippen LogP contribution >= 0.6 is 11.9 Å². The molecule has 0 saturated heterocycles. The van der Waals surface area contributed by atoms with E-state index in [4.69, 9.17) is 0 Å². The first-order valence-corrected chi connectivity index (χ1v) is 9.38. The van der Waals surface area contributed by atoms with Gasteiger partial charge in [0.2, 0.25) is 0 Å². The van der Waals surface area contributed by atoms with Gasteiger partial charge in [0, 0.05) is 23.7 Å². The summed E-state index contributed by atoms with van der Waals surface area (Å²) in [5, 5.41) is 6.28. The lowest BCUT2D eigenvalue weighted by molar-refractivity contribution is 0.257. The Labute approximate surface area is 142 Å². The normalized spacial score (nSPS) is 15.0. The third-order valence-corrected chi connectivity index (χ3v) is 5.25. The lowest BCUT2D eigenvalue weighted by Crippen LogP contribution is -2.26. The molecule has 23 heavy (non-hydrogen) atoms. The minimum Gasteiger partial charge on any atom is -0.388 e. The number of rotatable bonds is 6. The molecular formula is C18H25N3OS. The Balaban J connectivity index is 1.60. The van der Waals surface area contributed by atoms with Gasteiger partial charge in [-0.05, 0) is 79.7 Å². The summed E-state index contributed by atoms with van der Waals surface area (Å²) in [4.78, 5) is 12.2. The molecule has 1 aromatic rings. The minimum atomic E-state index is -0.111. The lowest BCUT2D eigenvalue weighted by Gasteiger charge is -2.16. The van der Waals surface area contributed by atoms with Crippen molar-refractivity contribution in [1.82, 2.24) is 10.0 Å². The van der Waals surface area contributed by atoms with Crippen molar-refractivity contribution >= 4 is 23.7 Å². The summed E-state index contributed by atoms with van der Waals surface area (Å²) in [5.74, 6) is 0.811. The number of fused-ring (bicyclic) bond motifs is 2. The number of amides is 2. The summed E-state index contributed by atoms with van der Waals surface area (Å²) in [7, 11) is 0. The van der Waals surface area contributed by atoms with Gasteiger partial charge in [-0.15, -0.1) is 0 Å². The maximum Gasteiger partial charge on any atom is 0.329 e. The molecule has 5 heteroatoms. The molecule has 2 aliphatic rings. The van der Waals surface area contributed by atoms with Gasteiger partial charge in [0.05, 0.1) is 0 Å². The van der Waals surface area contributed by atoms with Crippen molar-refractivity contribution in [2.45, 2.75) is 45.4 Å². The second-order valence-electron chi connectivity index (χ2n) is 6.35. The first-order valence-electron chi connectivity index (χ1n) is 8.40. The molecule has 124 valence electrons. The van der Waals surface area contributed by atoms with E-state index in [0.717, 1.165) is 49.4 Å². The molecule has 0 bridgehead atoms. The molecule has 1 aromatic carbocycles. The summed E-state index contributed by atoms with van der Waals surface area (Å²) < 4.78 is 2.88. The molecule has 0 heterocycles. The van der Waals surface area contributed by atoms with E-state index < -0.39 is 0 Å². The number of aryl methyl sites for hydroxylation is 2. The summed E-state index contributed by atoms with van der Waals surface area (Å²) in [6, 6.07) is 2.27. The average Bonchev–Trinajstić information content (AvgIpc) is 3.14. The highest BCUT2D eigenvalue weighted by atomic mass is 32.2. The number of benzene rings is 1. The monoisotopic (exact) mass is 331 g/mol. The summed E-state index contributed by atoms with van der Waals surface area (Å²) in [5.41, 5.74) is 7.68. The molecule has 2 aliphatic carbocycles. The van der Waals surface area contributed by atoms with E-state index in [0.29, 0.717) is 0 Å². The van der Waals surface area contributed by atoms with E-state index in [1.165, 1.54) is 47.0 Å². The van der Waals surface area contributed by atoms with Crippen molar-refractivity contribution < 1.29 is 4.79 Å². The fourth-order valence-electron chi connectivity index (χ4n) is 3.54. The molecule has 0 unspecified atom stereocenters. The van der Waals surface area contributed by atoms with E-state index in [-0.39, 0.29) is 6.03 Å². The topological polar surface area (TPSA) is 53.2 Å². The van der Waals surface area contributed by atoms with Gasteiger partial charge in [-0.3, -0.25) is 4.72 Å². The highest BCUT2D eigenvalue weighted by Gasteiger charge is 2.24. The second-order valence-corrected chi connectivity index (χ2v) is 7.25. The smallest absolute Gasteiger partial charge is 0.329 e. The van der Waals surface area contributed by atoms with E-state index in [1.54, 1.807) is 0 Å². The highest BCUT2D eigenvalue weighted by Crippen LogP contribution is 2.38. The van der Waals surface area contributed by atoms with Gasteiger partial charge in [0.25, 0.3) is 0 Å². The number of allylic oxidation sites excluding steroid dienone is 1. The molecule has 0 saturated carbocycles. The second kappa shape index (κ2) is 7.30. The predicted molar refractivity (Wildman–Crippen MR) is 97.9 cm³/mol. The Bertz CT molecular complexity index is 595. The number of carbonyl (C=O) groups excluding carboxylic acids is 1. The highest BCUT2D eigenvalue weighted by molar-refractivity contribution is 7.97. The maximum absolute atomic E-state index is 12.2. The number of nitrogens with one attached hydrogen (secondary N) is 3. The summed E-state index contributed by atoms with van der Waals surface area (Å²) >= 11 is 1.42. The van der Waals surface area contributed by atoms with E-state index >= 15 is 0 Å². The Morgan fingerprint density at radius 1 is 1.17 bits per heavy atom. The van der Waals surface area contributed by atoms with E-state index in [2.05, 4.69) is 28.0 Å². The van der Waals surface area contributed by atoms with Crippen LogP contribution < -0.4 is 15.4 Å². The van der Waals surface area contributed by atoms with Crippen LogP contribution in [0.3, 0.4) is 0 Å². The number of hydrogen-bond donors (Lipinski definition) is 3. The van der Waals surface area contributed by atoms with Gasteiger partial charge < -0.3 is 10.6 Å². The van der Waals surface area contributed by atoms with Crippen molar-refractivity contribution in [2.24, 2.45) is 0 Å². The van der Waals surface area contributed by atoms with Crippen LogP contribution in [0, 0.1) is 0 Å². The van der Waals surface area contributed by atoms with Crippen molar-refractivity contribution in [2.75, 3.05) is 17.6 Å². The fourth-order valence-corrected chi connectivity index (χ4v) is 4.03. The Hall–Kier alpha value is -1.62. The number of hydrogen-bond acceptors (Lipinski definition) is 3. The molecule has 0 spiro atoms. The molecule has 2 amide bonds. The third kappa shape index (κ3) is 3.83.